The number of nitrogens with zero attached hydrogens (tertiary/aromatic N) is 2. The molecule has 0 unspecified atom stereocenters. The number of aromatic nitrogens is 1. The summed E-state index contributed by atoms with van der Waals surface area (Å²) in [7, 11) is 1.65. The molecule has 0 aliphatic carbocycles. The number of methoxy groups -OCH3 is 1. The average Bonchev–Trinajstić information content (AvgIpc) is 3.00. The average molecular weight is 555 g/mol. The fourth-order valence-corrected chi connectivity index (χ4v) is 4.30. The van der Waals surface area contributed by atoms with Gasteiger partial charge in [-0.3, -0.25) is 4.90 Å². The lowest BCUT2D eigenvalue weighted by molar-refractivity contribution is -0.107. The van der Waals surface area contributed by atoms with Gasteiger partial charge in [0.15, 0.2) is 0 Å². The number of aldehydes is 1. The lowest BCUT2D eigenvalue weighted by Gasteiger charge is -2.21. The molecule has 6 heteroatoms. The van der Waals surface area contributed by atoms with Crippen molar-refractivity contribution in [3.05, 3.63) is 107 Å². The highest BCUT2D eigenvalue weighted by Gasteiger charge is 2.08. The first-order valence-corrected chi connectivity index (χ1v) is 14.2. The maximum atomic E-state index is 11.0. The molecule has 3 rings (SSSR count). The van der Waals surface area contributed by atoms with Crippen molar-refractivity contribution in [1.82, 2.24) is 9.88 Å². The Morgan fingerprint density at radius 3 is 2.39 bits per heavy atom. The number of pyridine rings is 1. The summed E-state index contributed by atoms with van der Waals surface area (Å²) in [6, 6.07) is 18.0. The number of benzene rings is 2. The molecule has 0 bridgehead atoms. The predicted octanol–water partition coefficient (Wildman–Crippen LogP) is 7.19. The Kier molecular flexibility index (Phi) is 12.9. The summed E-state index contributed by atoms with van der Waals surface area (Å²) in [5.41, 5.74) is 6.34. The minimum absolute atomic E-state index is 0.368. The Morgan fingerprint density at radius 1 is 0.976 bits per heavy atom. The first kappa shape index (κ1) is 31.4. The lowest BCUT2D eigenvalue weighted by atomic mass is 10.0. The topological polar surface area (TPSA) is 60.9 Å². The largest absolute Gasteiger partial charge is 0.496 e. The van der Waals surface area contributed by atoms with Gasteiger partial charge in [-0.2, -0.15) is 0 Å². The molecule has 1 aromatic heterocycles. The number of hydrogen-bond acceptors (Lipinski definition) is 6. The van der Waals surface area contributed by atoms with E-state index in [-0.39, 0.29) is 0 Å². The molecule has 0 saturated carbocycles. The van der Waals surface area contributed by atoms with E-state index in [1.807, 2.05) is 67.7 Å². The summed E-state index contributed by atoms with van der Waals surface area (Å²) in [4.78, 5) is 17.7. The van der Waals surface area contributed by atoms with Crippen molar-refractivity contribution in [2.75, 3.05) is 33.5 Å². The Hall–Kier alpha value is -4.16. The van der Waals surface area contributed by atoms with E-state index in [1.54, 1.807) is 7.11 Å². The Balaban J connectivity index is 1.83. The zero-order valence-corrected chi connectivity index (χ0v) is 24.9. The van der Waals surface area contributed by atoms with Gasteiger partial charge in [0.1, 0.15) is 24.5 Å². The Morgan fingerprint density at radius 2 is 1.76 bits per heavy atom. The highest BCUT2D eigenvalue weighted by atomic mass is 16.5. The molecule has 0 saturated heterocycles. The van der Waals surface area contributed by atoms with Crippen molar-refractivity contribution in [1.29, 1.82) is 0 Å². The summed E-state index contributed by atoms with van der Waals surface area (Å²) < 4.78 is 17.1. The monoisotopic (exact) mass is 554 g/mol. The Bertz CT molecular complexity index is 1330. The second-order valence-electron chi connectivity index (χ2n) is 9.65. The number of ether oxygens (including phenoxy) is 3. The number of aryl methyl sites for hydroxylation is 1. The van der Waals surface area contributed by atoms with Crippen LogP contribution in [0.2, 0.25) is 0 Å². The number of rotatable bonds is 16. The molecule has 216 valence electrons. The molecule has 0 radical (unpaired) electrons. The Labute approximate surface area is 245 Å². The molecule has 0 aliphatic rings. The molecular formula is C35H42N2O4. The van der Waals surface area contributed by atoms with E-state index in [9.17, 15) is 4.79 Å². The maximum Gasteiger partial charge on any atom is 0.213 e. The molecular weight excluding hydrogens is 512 g/mol. The smallest absolute Gasteiger partial charge is 0.213 e. The van der Waals surface area contributed by atoms with Crippen molar-refractivity contribution in [3.63, 3.8) is 0 Å². The van der Waals surface area contributed by atoms with Crippen LogP contribution in [0.1, 0.15) is 49.9 Å². The molecule has 0 fully saturated rings. The van der Waals surface area contributed by atoms with Crippen molar-refractivity contribution in [2.45, 2.75) is 40.5 Å². The normalized spacial score (nSPS) is 12.1. The van der Waals surface area contributed by atoms with Crippen LogP contribution in [0.15, 0.2) is 84.6 Å². The van der Waals surface area contributed by atoms with Gasteiger partial charge in [0, 0.05) is 36.4 Å². The molecule has 0 atom stereocenters. The van der Waals surface area contributed by atoms with Gasteiger partial charge >= 0.3 is 0 Å². The van der Waals surface area contributed by atoms with Crippen LogP contribution in [0, 0.1) is 0 Å². The van der Waals surface area contributed by atoms with Gasteiger partial charge in [0.05, 0.1) is 13.7 Å². The number of allylic oxidation sites excluding steroid dienone is 4. The summed E-state index contributed by atoms with van der Waals surface area (Å²) >= 11 is 0. The third-order valence-electron chi connectivity index (χ3n) is 6.59. The first-order valence-electron chi connectivity index (χ1n) is 14.2. The van der Waals surface area contributed by atoms with E-state index in [0.29, 0.717) is 25.6 Å². The third-order valence-corrected chi connectivity index (χ3v) is 6.59. The molecule has 6 nitrogen and oxygen atoms in total. The second-order valence-corrected chi connectivity index (χ2v) is 9.65. The molecule has 1 heterocycles. The number of carbonyl (C=O) groups excluding carboxylic acids is 1. The van der Waals surface area contributed by atoms with Crippen LogP contribution in [-0.2, 0) is 17.6 Å². The van der Waals surface area contributed by atoms with Gasteiger partial charge in [-0.25, -0.2) is 4.98 Å². The highest BCUT2D eigenvalue weighted by molar-refractivity contribution is 5.77. The number of likely N-dealkylation sites (N-methyl/N-ethyl adjacent to an activating group) is 1. The zero-order valence-electron chi connectivity index (χ0n) is 24.9. The fourth-order valence-electron chi connectivity index (χ4n) is 4.30. The van der Waals surface area contributed by atoms with E-state index >= 15 is 0 Å². The molecule has 0 aliphatic heterocycles. The summed E-state index contributed by atoms with van der Waals surface area (Å²) in [5.74, 6) is 2.23. The quantitative estimate of drug-likeness (QED) is 0.106. The van der Waals surface area contributed by atoms with Crippen molar-refractivity contribution < 1.29 is 19.0 Å². The van der Waals surface area contributed by atoms with E-state index in [4.69, 9.17) is 14.2 Å². The molecule has 3 aromatic rings. The van der Waals surface area contributed by atoms with Gasteiger partial charge in [0.2, 0.25) is 5.88 Å². The van der Waals surface area contributed by atoms with E-state index in [2.05, 4.69) is 54.9 Å². The van der Waals surface area contributed by atoms with Gasteiger partial charge in [0.25, 0.3) is 0 Å². The molecule has 0 amide bonds. The summed E-state index contributed by atoms with van der Waals surface area (Å²) in [6.45, 7) is 11.1. The zero-order chi connectivity index (χ0) is 29.5. The van der Waals surface area contributed by atoms with Gasteiger partial charge < -0.3 is 19.0 Å². The summed E-state index contributed by atoms with van der Waals surface area (Å²) in [6.07, 6.45) is 12.4. The van der Waals surface area contributed by atoms with Crippen LogP contribution in [-0.4, -0.2) is 49.7 Å². The molecule has 0 N–H and O–H groups in total. The van der Waals surface area contributed by atoms with Gasteiger partial charge in [-0.1, -0.05) is 61.9 Å². The van der Waals surface area contributed by atoms with Crippen LogP contribution in [0.5, 0.6) is 17.4 Å². The van der Waals surface area contributed by atoms with Crippen LogP contribution in [0.3, 0.4) is 0 Å². The predicted molar refractivity (Wildman–Crippen MR) is 167 cm³/mol. The number of carbonyl (C=O) groups is 1. The highest BCUT2D eigenvalue weighted by Crippen LogP contribution is 2.24. The van der Waals surface area contributed by atoms with Crippen LogP contribution in [0.25, 0.3) is 11.6 Å². The fraction of sp³-hybridized carbons (Fsp3) is 0.314. The lowest BCUT2D eigenvalue weighted by Crippen LogP contribution is -2.29. The van der Waals surface area contributed by atoms with Crippen molar-refractivity contribution >= 4 is 17.9 Å². The standard InChI is InChI=1S/C35H42N2O4/c1-6-28-12-16-33(17-13-28)41-26-37(7-2)25-27(4)22-30(32-15-19-35(36-24-32)40-8-3)10-9-11-31-23-29(20-21-38)14-18-34(31)39-5/h9-19,21-24H,6-8,20,25-26H2,1-5H3/b11-9+,27-22+,30-10+. The van der Waals surface area contributed by atoms with Gasteiger partial charge in [-0.15, -0.1) is 0 Å². The van der Waals surface area contributed by atoms with E-state index in [1.165, 1.54) is 11.1 Å². The SMILES string of the molecule is CCOc1ccc(C(/C=C(\C)CN(CC)COc2ccc(CC)cc2)=C/C=C/c2cc(CC=O)ccc2OC)cn1. The minimum Gasteiger partial charge on any atom is -0.496 e. The van der Waals surface area contributed by atoms with E-state index in [0.717, 1.165) is 59.6 Å². The summed E-state index contributed by atoms with van der Waals surface area (Å²) in [5, 5.41) is 0. The second kappa shape index (κ2) is 16.8. The first-order chi connectivity index (χ1) is 20.0. The molecule has 0 spiro atoms. The van der Waals surface area contributed by atoms with Crippen molar-refractivity contribution in [2.24, 2.45) is 0 Å². The van der Waals surface area contributed by atoms with Gasteiger partial charge in [-0.05, 0) is 73.8 Å². The van der Waals surface area contributed by atoms with Crippen LogP contribution >= 0.6 is 0 Å². The maximum absolute atomic E-state index is 11.0. The minimum atomic E-state index is 0.368. The van der Waals surface area contributed by atoms with Crippen molar-refractivity contribution in [3.8, 4) is 17.4 Å². The number of hydrogen-bond donors (Lipinski definition) is 0. The third kappa shape index (κ3) is 10.1. The van der Waals surface area contributed by atoms with Crippen LogP contribution < -0.4 is 14.2 Å². The molecule has 2 aromatic carbocycles. The molecule has 41 heavy (non-hydrogen) atoms. The van der Waals surface area contributed by atoms with E-state index < -0.39 is 0 Å². The van der Waals surface area contributed by atoms with Crippen LogP contribution in [0.4, 0.5) is 0 Å².